The largest absolute Gasteiger partial charge is 0.351 e. The Morgan fingerprint density at radius 1 is 0.938 bits per heavy atom. The zero-order chi connectivity index (χ0) is 23.5. The van der Waals surface area contributed by atoms with E-state index in [2.05, 4.69) is 10.0 Å². The Balaban J connectivity index is 1.81. The number of benzene rings is 3. The minimum atomic E-state index is -4.12. The second-order valence-electron chi connectivity index (χ2n) is 8.11. The summed E-state index contributed by atoms with van der Waals surface area (Å²) < 4.78 is 55.7. The molecule has 0 saturated heterocycles. The number of hydrogen-bond acceptors (Lipinski definition) is 3. The van der Waals surface area contributed by atoms with Crippen molar-refractivity contribution in [1.82, 2.24) is 5.32 Å². The van der Waals surface area contributed by atoms with Gasteiger partial charge in [0.2, 0.25) is 0 Å². The molecule has 5 nitrogen and oxygen atoms in total. The van der Waals surface area contributed by atoms with Crippen molar-refractivity contribution in [2.75, 3.05) is 11.3 Å². The zero-order valence-electron chi connectivity index (χ0n) is 17.9. The molecule has 3 aromatic carbocycles. The Labute approximate surface area is 186 Å². The van der Waals surface area contributed by atoms with Gasteiger partial charge in [0.25, 0.3) is 15.9 Å². The molecule has 168 valence electrons. The zero-order valence-corrected chi connectivity index (χ0v) is 18.8. The Morgan fingerprint density at radius 2 is 1.56 bits per heavy atom. The molecule has 3 rings (SSSR count). The molecule has 0 radical (unpaired) electrons. The molecule has 0 aliphatic rings. The van der Waals surface area contributed by atoms with Crippen molar-refractivity contribution in [1.29, 1.82) is 0 Å². The van der Waals surface area contributed by atoms with E-state index in [9.17, 15) is 22.0 Å². The molecule has 2 N–H and O–H groups in total. The lowest BCUT2D eigenvalue weighted by atomic mass is 9.84. The van der Waals surface area contributed by atoms with Gasteiger partial charge in [-0.2, -0.15) is 0 Å². The van der Waals surface area contributed by atoms with E-state index in [1.807, 2.05) is 0 Å². The summed E-state index contributed by atoms with van der Waals surface area (Å²) in [5.74, 6) is -1.57. The lowest BCUT2D eigenvalue weighted by molar-refractivity contribution is 0.0944. The number of para-hydroxylation sites is 1. The molecule has 0 atom stereocenters. The van der Waals surface area contributed by atoms with Crippen LogP contribution in [0.4, 0.5) is 14.5 Å². The van der Waals surface area contributed by atoms with Crippen molar-refractivity contribution in [2.45, 2.75) is 31.1 Å². The van der Waals surface area contributed by atoms with Crippen LogP contribution in [-0.2, 0) is 15.4 Å². The van der Waals surface area contributed by atoms with E-state index in [1.165, 1.54) is 42.5 Å². The van der Waals surface area contributed by atoms with Crippen LogP contribution in [0.5, 0.6) is 0 Å². The lowest BCUT2D eigenvalue weighted by Gasteiger charge is -2.26. The number of anilines is 1. The summed E-state index contributed by atoms with van der Waals surface area (Å²) >= 11 is 0. The van der Waals surface area contributed by atoms with Crippen LogP contribution < -0.4 is 10.0 Å². The molecule has 0 aliphatic heterocycles. The summed E-state index contributed by atoms with van der Waals surface area (Å²) in [6.07, 6.45) is 0. The maximum Gasteiger partial charge on any atom is 0.262 e. The number of carbonyl (C=O) groups excluding carboxylic acids is 1. The number of rotatable bonds is 7. The minimum absolute atomic E-state index is 0.136. The highest BCUT2D eigenvalue weighted by Crippen LogP contribution is 2.25. The van der Waals surface area contributed by atoms with E-state index < -0.39 is 27.2 Å². The third kappa shape index (κ3) is 5.13. The van der Waals surface area contributed by atoms with E-state index in [1.54, 1.807) is 39.0 Å². The Kier molecular flexibility index (Phi) is 6.64. The molecule has 32 heavy (non-hydrogen) atoms. The van der Waals surface area contributed by atoms with Crippen LogP contribution >= 0.6 is 0 Å². The van der Waals surface area contributed by atoms with Gasteiger partial charge in [0.05, 0.1) is 10.6 Å². The van der Waals surface area contributed by atoms with Gasteiger partial charge in [-0.25, -0.2) is 17.2 Å². The van der Waals surface area contributed by atoms with Gasteiger partial charge in [0.1, 0.15) is 11.6 Å². The first kappa shape index (κ1) is 23.4. The van der Waals surface area contributed by atoms with Crippen LogP contribution in [0.15, 0.2) is 71.6 Å². The average molecular weight is 459 g/mol. The normalized spacial score (nSPS) is 11.8. The molecule has 3 aromatic rings. The predicted octanol–water partition coefficient (Wildman–Crippen LogP) is 4.78. The highest BCUT2D eigenvalue weighted by Gasteiger charge is 2.26. The molecule has 0 aromatic heterocycles. The summed E-state index contributed by atoms with van der Waals surface area (Å²) in [6, 6.07) is 15.8. The molecule has 0 fully saturated rings. The summed E-state index contributed by atoms with van der Waals surface area (Å²) in [7, 11) is -4.12. The summed E-state index contributed by atoms with van der Waals surface area (Å²) in [6.45, 7) is 5.42. The van der Waals surface area contributed by atoms with Crippen LogP contribution in [0, 0.1) is 18.6 Å². The SMILES string of the molecule is Cc1ccc(S(=O)(=O)Nc2ccccc2F)cc1C(=O)NCC(C)(C)c1ccccc1F. The van der Waals surface area contributed by atoms with Gasteiger partial charge in [-0.1, -0.05) is 50.2 Å². The fourth-order valence-electron chi connectivity index (χ4n) is 3.26. The van der Waals surface area contributed by atoms with Crippen molar-refractivity contribution in [3.63, 3.8) is 0 Å². The molecule has 0 aliphatic carbocycles. The van der Waals surface area contributed by atoms with E-state index in [-0.39, 0.29) is 28.5 Å². The molecule has 0 saturated carbocycles. The molecular weight excluding hydrogens is 434 g/mol. The predicted molar refractivity (Wildman–Crippen MR) is 120 cm³/mol. The molecule has 0 spiro atoms. The van der Waals surface area contributed by atoms with Crippen LogP contribution in [0.2, 0.25) is 0 Å². The summed E-state index contributed by atoms with van der Waals surface area (Å²) in [5.41, 5.74) is 0.306. The third-order valence-electron chi connectivity index (χ3n) is 5.18. The molecule has 8 heteroatoms. The Hall–Kier alpha value is -3.26. The lowest BCUT2D eigenvalue weighted by Crippen LogP contribution is -2.37. The number of sulfonamides is 1. The number of hydrogen-bond donors (Lipinski definition) is 2. The van der Waals surface area contributed by atoms with Crippen molar-refractivity contribution in [2.24, 2.45) is 0 Å². The Bertz CT molecular complexity index is 1260. The molecule has 1 amide bonds. The van der Waals surface area contributed by atoms with Gasteiger partial charge >= 0.3 is 0 Å². The fourth-order valence-corrected chi connectivity index (χ4v) is 4.36. The molecule has 0 unspecified atom stereocenters. The van der Waals surface area contributed by atoms with E-state index in [0.29, 0.717) is 11.1 Å². The number of nitrogens with one attached hydrogen (secondary N) is 2. The fraction of sp³-hybridized carbons (Fsp3) is 0.208. The summed E-state index contributed by atoms with van der Waals surface area (Å²) in [4.78, 5) is 12.7. The number of carbonyl (C=O) groups is 1. The first-order valence-corrected chi connectivity index (χ1v) is 11.4. The molecule has 0 heterocycles. The summed E-state index contributed by atoms with van der Waals surface area (Å²) in [5, 5.41) is 2.76. The van der Waals surface area contributed by atoms with Gasteiger partial charge in [0, 0.05) is 17.5 Å². The van der Waals surface area contributed by atoms with Crippen molar-refractivity contribution >= 4 is 21.6 Å². The van der Waals surface area contributed by atoms with Crippen LogP contribution in [-0.4, -0.2) is 20.9 Å². The van der Waals surface area contributed by atoms with Gasteiger partial charge in [0.15, 0.2) is 0 Å². The van der Waals surface area contributed by atoms with Gasteiger partial charge in [-0.3, -0.25) is 9.52 Å². The first-order chi connectivity index (χ1) is 15.0. The smallest absolute Gasteiger partial charge is 0.262 e. The van der Waals surface area contributed by atoms with Gasteiger partial charge < -0.3 is 5.32 Å². The van der Waals surface area contributed by atoms with Crippen molar-refractivity contribution in [3.05, 3.63) is 95.1 Å². The second kappa shape index (κ2) is 9.08. The average Bonchev–Trinajstić information content (AvgIpc) is 2.74. The second-order valence-corrected chi connectivity index (χ2v) is 9.79. The number of halogens is 2. The maximum atomic E-state index is 14.2. The Morgan fingerprint density at radius 3 is 2.22 bits per heavy atom. The highest BCUT2D eigenvalue weighted by molar-refractivity contribution is 7.92. The standard InChI is InChI=1S/C24H24F2N2O3S/c1-16-12-13-17(32(30,31)28-22-11-7-6-10-21(22)26)14-18(16)23(29)27-15-24(2,3)19-8-4-5-9-20(19)25/h4-14,28H,15H2,1-3H3,(H,27,29). The van der Waals surface area contributed by atoms with Crippen molar-refractivity contribution < 1.29 is 22.0 Å². The van der Waals surface area contributed by atoms with Crippen LogP contribution in [0.3, 0.4) is 0 Å². The number of amides is 1. The van der Waals surface area contributed by atoms with Crippen LogP contribution in [0.1, 0.15) is 35.3 Å². The monoisotopic (exact) mass is 458 g/mol. The van der Waals surface area contributed by atoms with E-state index >= 15 is 0 Å². The van der Waals surface area contributed by atoms with Crippen LogP contribution in [0.25, 0.3) is 0 Å². The van der Waals surface area contributed by atoms with Gasteiger partial charge in [-0.15, -0.1) is 0 Å². The highest BCUT2D eigenvalue weighted by atomic mass is 32.2. The number of aryl methyl sites for hydroxylation is 1. The van der Waals surface area contributed by atoms with E-state index in [0.717, 1.165) is 6.07 Å². The van der Waals surface area contributed by atoms with Gasteiger partial charge in [-0.05, 0) is 48.4 Å². The third-order valence-corrected chi connectivity index (χ3v) is 6.54. The quantitative estimate of drug-likeness (QED) is 0.535. The first-order valence-electron chi connectivity index (χ1n) is 9.92. The topological polar surface area (TPSA) is 75.3 Å². The molecule has 0 bridgehead atoms. The minimum Gasteiger partial charge on any atom is -0.351 e. The molecular formula is C24H24F2N2O3S. The maximum absolute atomic E-state index is 14.2. The van der Waals surface area contributed by atoms with Crippen molar-refractivity contribution in [3.8, 4) is 0 Å². The van der Waals surface area contributed by atoms with E-state index in [4.69, 9.17) is 0 Å².